The van der Waals surface area contributed by atoms with E-state index in [9.17, 15) is 9.18 Å². The van der Waals surface area contributed by atoms with Crippen molar-refractivity contribution < 1.29 is 14.0 Å². The summed E-state index contributed by atoms with van der Waals surface area (Å²) in [4.78, 5) is 15.9. The number of rotatable bonds is 3. The molecule has 0 aliphatic heterocycles. The molecule has 76 valence electrons. The highest BCUT2D eigenvalue weighted by atomic mass is 79.9. The fraction of sp³-hybridized carbons (Fsp3) is 0.222. The molecule has 0 heterocycles. The quantitative estimate of drug-likeness (QED) is 0.848. The van der Waals surface area contributed by atoms with Crippen molar-refractivity contribution in [2.75, 3.05) is 6.61 Å². The molecule has 1 amide bonds. The number of amides is 1. The van der Waals surface area contributed by atoms with Crippen LogP contribution in [-0.4, -0.2) is 12.5 Å². The summed E-state index contributed by atoms with van der Waals surface area (Å²) in [7, 11) is 0. The number of carbonyl (C=O) groups excluding carboxylic acids is 1. The van der Waals surface area contributed by atoms with E-state index in [1.807, 2.05) is 0 Å². The molecule has 0 unspecified atom stereocenters. The lowest BCUT2D eigenvalue weighted by Crippen LogP contribution is -2.24. The Bertz CT molecular complexity index is 344. The third-order valence-electron chi connectivity index (χ3n) is 1.51. The van der Waals surface area contributed by atoms with Crippen LogP contribution >= 0.6 is 15.9 Å². The second-order valence-corrected chi connectivity index (χ2v) is 3.32. The molecular weight excluding hydrogens is 253 g/mol. The predicted octanol–water partition coefficient (Wildman–Crippen LogP) is 2.27. The van der Waals surface area contributed by atoms with Gasteiger partial charge in [-0.2, -0.15) is 0 Å². The highest BCUT2D eigenvalue weighted by Gasteiger charge is 2.13. The van der Waals surface area contributed by atoms with E-state index in [0.717, 1.165) is 0 Å². The van der Waals surface area contributed by atoms with E-state index in [0.29, 0.717) is 6.61 Å². The summed E-state index contributed by atoms with van der Waals surface area (Å²) in [5, 5.41) is 0. The lowest BCUT2D eigenvalue weighted by molar-refractivity contribution is 0.0361. The molecule has 14 heavy (non-hydrogen) atoms. The Kier molecular flexibility index (Phi) is 4.03. The number of hydroxylamine groups is 1. The summed E-state index contributed by atoms with van der Waals surface area (Å²) < 4.78 is 13.6. The van der Waals surface area contributed by atoms with Crippen LogP contribution in [-0.2, 0) is 4.84 Å². The van der Waals surface area contributed by atoms with Crippen molar-refractivity contribution in [3.05, 3.63) is 34.1 Å². The number of nitrogens with one attached hydrogen (secondary N) is 1. The normalized spacial score (nSPS) is 9.93. The summed E-state index contributed by atoms with van der Waals surface area (Å²) in [6.07, 6.45) is 0. The largest absolute Gasteiger partial charge is 0.277 e. The van der Waals surface area contributed by atoms with Gasteiger partial charge in [-0.15, -0.1) is 0 Å². The number of hydrogen-bond donors (Lipinski definition) is 1. The monoisotopic (exact) mass is 261 g/mol. The zero-order chi connectivity index (χ0) is 10.6. The minimum absolute atomic E-state index is 0.0483. The van der Waals surface area contributed by atoms with Gasteiger partial charge in [-0.3, -0.25) is 9.63 Å². The van der Waals surface area contributed by atoms with Crippen LogP contribution in [0.1, 0.15) is 17.3 Å². The van der Waals surface area contributed by atoms with Crippen molar-refractivity contribution in [1.82, 2.24) is 5.48 Å². The fourth-order valence-corrected chi connectivity index (χ4v) is 1.24. The summed E-state index contributed by atoms with van der Waals surface area (Å²) in [5.74, 6) is -1.18. The maximum Gasteiger partial charge on any atom is 0.277 e. The molecule has 1 aromatic carbocycles. The van der Waals surface area contributed by atoms with Gasteiger partial charge in [-0.25, -0.2) is 9.87 Å². The van der Waals surface area contributed by atoms with Crippen LogP contribution in [0.2, 0.25) is 0 Å². The van der Waals surface area contributed by atoms with Crippen LogP contribution < -0.4 is 5.48 Å². The molecule has 0 atom stereocenters. The van der Waals surface area contributed by atoms with Crippen LogP contribution in [0.15, 0.2) is 22.7 Å². The molecule has 0 saturated heterocycles. The molecule has 0 saturated carbocycles. The molecule has 0 aromatic heterocycles. The third-order valence-corrected chi connectivity index (χ3v) is 2.12. The SMILES string of the molecule is CCONC(=O)c1cccc(Br)c1F. The van der Waals surface area contributed by atoms with Gasteiger partial charge in [-0.05, 0) is 35.0 Å². The van der Waals surface area contributed by atoms with Gasteiger partial charge < -0.3 is 0 Å². The molecule has 1 N–H and O–H groups in total. The third kappa shape index (κ3) is 2.52. The Morgan fingerprint density at radius 3 is 3.00 bits per heavy atom. The molecule has 0 bridgehead atoms. The van der Waals surface area contributed by atoms with E-state index >= 15 is 0 Å². The smallest absolute Gasteiger partial charge is 0.274 e. The first kappa shape index (κ1) is 11.1. The highest BCUT2D eigenvalue weighted by Crippen LogP contribution is 2.18. The van der Waals surface area contributed by atoms with Crippen molar-refractivity contribution in [1.29, 1.82) is 0 Å². The number of hydrogen-bond acceptors (Lipinski definition) is 2. The van der Waals surface area contributed by atoms with Crippen LogP contribution in [0.4, 0.5) is 4.39 Å². The Hall–Kier alpha value is -0.940. The van der Waals surface area contributed by atoms with Crippen molar-refractivity contribution in [3.63, 3.8) is 0 Å². The molecule has 3 nitrogen and oxygen atoms in total. The maximum absolute atomic E-state index is 13.3. The second-order valence-electron chi connectivity index (χ2n) is 2.47. The number of halogens is 2. The molecule has 0 radical (unpaired) electrons. The molecule has 0 aliphatic rings. The first-order chi connectivity index (χ1) is 6.66. The summed E-state index contributed by atoms with van der Waals surface area (Å²) in [6.45, 7) is 2.05. The van der Waals surface area contributed by atoms with E-state index in [4.69, 9.17) is 0 Å². The zero-order valence-corrected chi connectivity index (χ0v) is 9.10. The van der Waals surface area contributed by atoms with Gasteiger partial charge in [0.25, 0.3) is 5.91 Å². The lowest BCUT2D eigenvalue weighted by Gasteiger charge is -2.05. The van der Waals surface area contributed by atoms with E-state index in [-0.39, 0.29) is 10.0 Å². The molecule has 0 spiro atoms. The maximum atomic E-state index is 13.3. The number of benzene rings is 1. The van der Waals surface area contributed by atoms with Crippen LogP contribution in [0, 0.1) is 5.82 Å². The minimum Gasteiger partial charge on any atom is -0.274 e. The summed E-state index contributed by atoms with van der Waals surface area (Å²) in [5.41, 5.74) is 2.07. The Balaban J connectivity index is 2.84. The average molecular weight is 262 g/mol. The lowest BCUT2D eigenvalue weighted by atomic mass is 10.2. The van der Waals surface area contributed by atoms with Gasteiger partial charge in [0.1, 0.15) is 5.82 Å². The summed E-state index contributed by atoms with van der Waals surface area (Å²) >= 11 is 2.99. The summed E-state index contributed by atoms with van der Waals surface area (Å²) in [6, 6.07) is 4.48. The van der Waals surface area contributed by atoms with E-state index in [2.05, 4.69) is 26.2 Å². The minimum atomic E-state index is -0.593. The van der Waals surface area contributed by atoms with Gasteiger partial charge in [0, 0.05) is 0 Å². The molecule has 1 aromatic rings. The van der Waals surface area contributed by atoms with Crippen molar-refractivity contribution in [3.8, 4) is 0 Å². The predicted molar refractivity (Wildman–Crippen MR) is 53.2 cm³/mol. The van der Waals surface area contributed by atoms with Crippen molar-refractivity contribution in [2.45, 2.75) is 6.92 Å². The Morgan fingerprint density at radius 2 is 2.36 bits per heavy atom. The highest BCUT2D eigenvalue weighted by molar-refractivity contribution is 9.10. The first-order valence-corrected chi connectivity index (χ1v) is 4.82. The van der Waals surface area contributed by atoms with E-state index in [1.165, 1.54) is 12.1 Å². The standard InChI is InChI=1S/C9H9BrFNO2/c1-2-14-12-9(13)6-4-3-5-7(10)8(6)11/h3-5H,2H2,1H3,(H,12,13). The van der Waals surface area contributed by atoms with Gasteiger partial charge in [0.2, 0.25) is 0 Å². The molecule has 0 fully saturated rings. The molecular formula is C9H9BrFNO2. The van der Waals surface area contributed by atoms with Gasteiger partial charge in [0.15, 0.2) is 0 Å². The fourth-order valence-electron chi connectivity index (χ4n) is 0.872. The van der Waals surface area contributed by atoms with Crippen molar-refractivity contribution >= 4 is 21.8 Å². The van der Waals surface area contributed by atoms with Crippen LogP contribution in [0.3, 0.4) is 0 Å². The van der Waals surface area contributed by atoms with Crippen molar-refractivity contribution in [2.24, 2.45) is 0 Å². The molecule has 5 heteroatoms. The Labute approximate surface area is 89.3 Å². The number of carbonyl (C=O) groups is 1. The van der Waals surface area contributed by atoms with Crippen LogP contribution in [0.25, 0.3) is 0 Å². The Morgan fingerprint density at radius 1 is 1.64 bits per heavy atom. The topological polar surface area (TPSA) is 38.3 Å². The molecule has 0 aliphatic carbocycles. The van der Waals surface area contributed by atoms with Gasteiger partial charge in [0.05, 0.1) is 16.6 Å². The van der Waals surface area contributed by atoms with Crippen LogP contribution in [0.5, 0.6) is 0 Å². The zero-order valence-electron chi connectivity index (χ0n) is 7.51. The first-order valence-electron chi connectivity index (χ1n) is 4.03. The average Bonchev–Trinajstić information content (AvgIpc) is 2.18. The van der Waals surface area contributed by atoms with Gasteiger partial charge in [-0.1, -0.05) is 6.07 Å². The second kappa shape index (κ2) is 5.07. The van der Waals surface area contributed by atoms with E-state index in [1.54, 1.807) is 13.0 Å². The van der Waals surface area contributed by atoms with E-state index < -0.39 is 11.7 Å². The molecule has 1 rings (SSSR count). The van der Waals surface area contributed by atoms with Gasteiger partial charge >= 0.3 is 0 Å².